The zero-order valence-electron chi connectivity index (χ0n) is 11.8. The molecule has 0 aliphatic heterocycles. The molecule has 0 spiro atoms. The number of hydrogen-bond donors (Lipinski definition) is 0. The van der Waals surface area contributed by atoms with E-state index in [-0.39, 0.29) is 17.8 Å². The molecule has 0 aliphatic carbocycles. The molecule has 0 fully saturated rings. The standard InChI is InChI=1S/C17H16Br2O2/c1-11(12-3-7-14(18)8-4-12)16(17(20)21-2)13-5-9-15(19)10-6-13/h3-11,16H,1-2H3/t11-,16+/m0/s1. The van der Waals surface area contributed by atoms with Gasteiger partial charge in [0.1, 0.15) is 0 Å². The van der Waals surface area contributed by atoms with Gasteiger partial charge >= 0.3 is 5.97 Å². The molecule has 21 heavy (non-hydrogen) atoms. The van der Waals surface area contributed by atoms with Crippen molar-refractivity contribution in [3.63, 3.8) is 0 Å². The maximum absolute atomic E-state index is 12.2. The van der Waals surface area contributed by atoms with Gasteiger partial charge in [0.05, 0.1) is 13.0 Å². The van der Waals surface area contributed by atoms with E-state index in [1.165, 1.54) is 7.11 Å². The summed E-state index contributed by atoms with van der Waals surface area (Å²) in [5, 5.41) is 0. The molecule has 2 atom stereocenters. The smallest absolute Gasteiger partial charge is 0.313 e. The Kier molecular flexibility index (Phi) is 5.59. The van der Waals surface area contributed by atoms with E-state index in [9.17, 15) is 4.79 Å². The first-order valence-electron chi connectivity index (χ1n) is 6.61. The maximum atomic E-state index is 12.2. The number of esters is 1. The van der Waals surface area contributed by atoms with Gasteiger partial charge in [0.25, 0.3) is 0 Å². The maximum Gasteiger partial charge on any atom is 0.313 e. The summed E-state index contributed by atoms with van der Waals surface area (Å²) in [4.78, 5) is 12.2. The van der Waals surface area contributed by atoms with Gasteiger partial charge in [-0.2, -0.15) is 0 Å². The highest BCUT2D eigenvalue weighted by Crippen LogP contribution is 2.34. The molecule has 2 aromatic carbocycles. The summed E-state index contributed by atoms with van der Waals surface area (Å²) < 4.78 is 7.02. The Morgan fingerprint density at radius 1 is 0.905 bits per heavy atom. The summed E-state index contributed by atoms with van der Waals surface area (Å²) in [7, 11) is 1.43. The van der Waals surface area contributed by atoms with Crippen molar-refractivity contribution >= 4 is 37.8 Å². The Morgan fingerprint density at radius 3 is 1.76 bits per heavy atom. The minimum absolute atomic E-state index is 0.0340. The third-order valence-corrected chi connectivity index (χ3v) is 4.64. The first kappa shape index (κ1) is 16.2. The molecule has 4 heteroatoms. The number of halogens is 2. The van der Waals surface area contributed by atoms with E-state index >= 15 is 0 Å². The Bertz CT molecular complexity index is 606. The van der Waals surface area contributed by atoms with Crippen molar-refractivity contribution in [3.05, 3.63) is 68.6 Å². The summed E-state index contributed by atoms with van der Waals surface area (Å²) in [6, 6.07) is 15.8. The lowest BCUT2D eigenvalue weighted by Gasteiger charge is -2.23. The molecule has 2 rings (SSSR count). The zero-order chi connectivity index (χ0) is 15.4. The Labute approximate surface area is 141 Å². The Hall–Kier alpha value is -1.13. The number of ether oxygens (including phenoxy) is 1. The third kappa shape index (κ3) is 3.95. The van der Waals surface area contributed by atoms with Gasteiger partial charge in [0.2, 0.25) is 0 Å². The molecule has 2 aromatic rings. The van der Waals surface area contributed by atoms with Gasteiger partial charge in [-0.3, -0.25) is 4.79 Å². The SMILES string of the molecule is COC(=O)[C@@H](c1ccc(Br)cc1)[C@@H](C)c1ccc(Br)cc1. The van der Waals surface area contributed by atoms with E-state index in [4.69, 9.17) is 4.74 Å². The van der Waals surface area contributed by atoms with Gasteiger partial charge in [-0.05, 0) is 41.3 Å². The van der Waals surface area contributed by atoms with Crippen LogP contribution in [0.15, 0.2) is 57.5 Å². The lowest BCUT2D eigenvalue weighted by Crippen LogP contribution is -2.20. The summed E-state index contributed by atoms with van der Waals surface area (Å²) in [5.74, 6) is -0.497. The van der Waals surface area contributed by atoms with E-state index in [2.05, 4.69) is 31.9 Å². The van der Waals surface area contributed by atoms with Crippen LogP contribution in [0.25, 0.3) is 0 Å². The van der Waals surface area contributed by atoms with Crippen molar-refractivity contribution in [2.45, 2.75) is 18.8 Å². The number of benzene rings is 2. The van der Waals surface area contributed by atoms with Gasteiger partial charge in [0, 0.05) is 8.95 Å². The van der Waals surface area contributed by atoms with Crippen LogP contribution in [0.3, 0.4) is 0 Å². The van der Waals surface area contributed by atoms with Gasteiger partial charge in [-0.25, -0.2) is 0 Å². The van der Waals surface area contributed by atoms with E-state index < -0.39 is 0 Å². The highest BCUT2D eigenvalue weighted by molar-refractivity contribution is 9.10. The van der Waals surface area contributed by atoms with Crippen LogP contribution in [0.4, 0.5) is 0 Å². The molecule has 0 aromatic heterocycles. The van der Waals surface area contributed by atoms with Crippen molar-refractivity contribution in [2.24, 2.45) is 0 Å². The normalized spacial score (nSPS) is 13.5. The molecule has 0 aliphatic rings. The lowest BCUT2D eigenvalue weighted by molar-refractivity contribution is -0.142. The predicted molar refractivity (Wildman–Crippen MR) is 91.5 cm³/mol. The molecule has 0 saturated carbocycles. The topological polar surface area (TPSA) is 26.3 Å². The molecule has 0 heterocycles. The van der Waals surface area contributed by atoms with Crippen molar-refractivity contribution in [1.29, 1.82) is 0 Å². The van der Waals surface area contributed by atoms with Crippen LogP contribution in [0, 0.1) is 0 Å². The number of rotatable bonds is 4. The van der Waals surface area contributed by atoms with Crippen molar-refractivity contribution in [1.82, 2.24) is 0 Å². The monoisotopic (exact) mass is 410 g/mol. The minimum Gasteiger partial charge on any atom is -0.469 e. The summed E-state index contributed by atoms with van der Waals surface area (Å²) >= 11 is 6.85. The average molecular weight is 412 g/mol. The van der Waals surface area contributed by atoms with Crippen LogP contribution in [0.2, 0.25) is 0 Å². The van der Waals surface area contributed by atoms with Gasteiger partial charge in [0.15, 0.2) is 0 Å². The van der Waals surface area contributed by atoms with Gasteiger partial charge in [-0.15, -0.1) is 0 Å². The number of carbonyl (C=O) groups excluding carboxylic acids is 1. The summed E-state index contributed by atoms with van der Waals surface area (Å²) in [5.41, 5.74) is 2.07. The largest absolute Gasteiger partial charge is 0.469 e. The fourth-order valence-electron chi connectivity index (χ4n) is 2.38. The molecule has 110 valence electrons. The molecule has 2 nitrogen and oxygen atoms in total. The summed E-state index contributed by atoms with van der Waals surface area (Å²) in [6.07, 6.45) is 0. The Balaban J connectivity index is 2.37. The van der Waals surface area contributed by atoms with Crippen molar-refractivity contribution in [3.8, 4) is 0 Å². The van der Waals surface area contributed by atoms with Crippen molar-refractivity contribution in [2.75, 3.05) is 7.11 Å². The second-order valence-corrected chi connectivity index (χ2v) is 6.72. The molecule has 0 amide bonds. The van der Waals surface area contributed by atoms with Crippen LogP contribution in [0.1, 0.15) is 29.9 Å². The molecule has 0 bridgehead atoms. The highest BCUT2D eigenvalue weighted by atomic mass is 79.9. The van der Waals surface area contributed by atoms with Crippen LogP contribution >= 0.6 is 31.9 Å². The fraction of sp³-hybridized carbons (Fsp3) is 0.235. The minimum atomic E-state index is -0.315. The highest BCUT2D eigenvalue weighted by Gasteiger charge is 2.28. The molecular formula is C17H16Br2O2. The first-order chi connectivity index (χ1) is 10.0. The molecule has 0 N–H and O–H groups in total. The van der Waals surface area contributed by atoms with Crippen LogP contribution in [0.5, 0.6) is 0 Å². The number of carbonyl (C=O) groups is 1. The summed E-state index contributed by atoms with van der Waals surface area (Å²) in [6.45, 7) is 2.05. The van der Waals surface area contributed by atoms with E-state index in [1.54, 1.807) is 0 Å². The van der Waals surface area contributed by atoms with Gasteiger partial charge < -0.3 is 4.74 Å². The van der Waals surface area contributed by atoms with Crippen LogP contribution in [-0.4, -0.2) is 13.1 Å². The predicted octanol–water partition coefficient (Wildman–Crippen LogP) is 5.27. The van der Waals surface area contributed by atoms with E-state index in [1.807, 2.05) is 55.5 Å². The van der Waals surface area contributed by atoms with Crippen LogP contribution < -0.4 is 0 Å². The third-order valence-electron chi connectivity index (χ3n) is 3.58. The second kappa shape index (κ2) is 7.23. The first-order valence-corrected chi connectivity index (χ1v) is 8.20. The number of hydrogen-bond acceptors (Lipinski definition) is 2. The fourth-order valence-corrected chi connectivity index (χ4v) is 2.91. The van der Waals surface area contributed by atoms with E-state index in [0.29, 0.717) is 0 Å². The van der Waals surface area contributed by atoms with Gasteiger partial charge in [-0.1, -0.05) is 63.0 Å². The molecular weight excluding hydrogens is 396 g/mol. The van der Waals surface area contributed by atoms with Crippen LogP contribution in [-0.2, 0) is 9.53 Å². The molecule has 0 unspecified atom stereocenters. The molecule has 0 radical (unpaired) electrons. The second-order valence-electron chi connectivity index (χ2n) is 4.89. The lowest BCUT2D eigenvalue weighted by atomic mass is 9.83. The number of methoxy groups -OCH3 is 1. The van der Waals surface area contributed by atoms with Crippen molar-refractivity contribution < 1.29 is 9.53 Å². The average Bonchev–Trinajstić information content (AvgIpc) is 2.49. The quantitative estimate of drug-likeness (QED) is 0.640. The zero-order valence-corrected chi connectivity index (χ0v) is 15.0. The molecule has 0 saturated heterocycles. The Morgan fingerprint density at radius 2 is 1.33 bits per heavy atom. The van der Waals surface area contributed by atoms with E-state index in [0.717, 1.165) is 20.1 Å².